The first-order chi connectivity index (χ1) is 9.07. The molecule has 1 aliphatic rings. The van der Waals surface area contributed by atoms with E-state index in [1.165, 1.54) is 0 Å². The van der Waals surface area contributed by atoms with Crippen LogP contribution in [0.15, 0.2) is 22.0 Å². The summed E-state index contributed by atoms with van der Waals surface area (Å²) in [5, 5.41) is 16.2. The van der Waals surface area contributed by atoms with Gasteiger partial charge in [-0.1, -0.05) is 25.1 Å². The van der Waals surface area contributed by atoms with Gasteiger partial charge in [-0.2, -0.15) is 4.98 Å². The van der Waals surface area contributed by atoms with Crippen molar-refractivity contribution in [3.8, 4) is 10.8 Å². The van der Waals surface area contributed by atoms with Crippen LogP contribution < -0.4 is 0 Å². The Hall–Kier alpha value is -1.24. The molecular weight excluding hydrogens is 262 g/mol. The quantitative estimate of drug-likeness (QED) is 0.927. The fourth-order valence-electron chi connectivity index (χ4n) is 2.22. The Balaban J connectivity index is 1.61. The number of aromatic nitrogens is 2. The molecule has 0 unspecified atom stereocenters. The van der Waals surface area contributed by atoms with Gasteiger partial charge in [-0.15, -0.1) is 11.3 Å². The fourth-order valence-corrected chi connectivity index (χ4v) is 2.87. The van der Waals surface area contributed by atoms with Crippen LogP contribution in [0.3, 0.4) is 0 Å². The Labute approximate surface area is 115 Å². The largest absolute Gasteiger partial charge is 0.387 e. The molecule has 102 valence electrons. The van der Waals surface area contributed by atoms with Crippen molar-refractivity contribution in [1.82, 2.24) is 15.0 Å². The normalized spacial score (nSPS) is 18.7. The molecule has 2 aromatic heterocycles. The van der Waals surface area contributed by atoms with E-state index < -0.39 is 5.60 Å². The number of hydrogen-bond acceptors (Lipinski definition) is 6. The van der Waals surface area contributed by atoms with E-state index in [-0.39, 0.29) is 5.92 Å². The minimum atomic E-state index is -0.555. The Morgan fingerprint density at radius 1 is 1.53 bits per heavy atom. The van der Waals surface area contributed by atoms with Crippen LogP contribution in [0.4, 0.5) is 0 Å². The number of thiophene rings is 1. The standard InChI is InChI=1S/C13H17N3O2S/c1-9(2)13(17)7-16(8-13)6-11-14-12(18-15-11)10-4-3-5-19-10/h3-5,9,17H,6-8H2,1-2H3. The zero-order chi connectivity index (χ0) is 13.5. The summed E-state index contributed by atoms with van der Waals surface area (Å²) in [7, 11) is 0. The van der Waals surface area contributed by atoms with Gasteiger partial charge >= 0.3 is 0 Å². The second-order valence-corrected chi connectivity index (χ2v) is 6.34. The molecule has 1 aliphatic heterocycles. The second kappa shape index (κ2) is 4.70. The van der Waals surface area contributed by atoms with Gasteiger partial charge in [0.15, 0.2) is 5.82 Å². The van der Waals surface area contributed by atoms with E-state index >= 15 is 0 Å². The number of β-amino-alcohol motifs (C(OH)–C–C–N with tert-alkyl or cyclic N) is 1. The van der Waals surface area contributed by atoms with E-state index in [9.17, 15) is 5.11 Å². The van der Waals surface area contributed by atoms with Crippen molar-refractivity contribution in [3.63, 3.8) is 0 Å². The topological polar surface area (TPSA) is 62.4 Å². The van der Waals surface area contributed by atoms with Gasteiger partial charge in [-0.05, 0) is 17.4 Å². The number of likely N-dealkylation sites (tertiary alicyclic amines) is 1. The SMILES string of the molecule is CC(C)C1(O)CN(Cc2noc(-c3cccs3)n2)C1. The Morgan fingerprint density at radius 2 is 2.32 bits per heavy atom. The molecule has 1 fully saturated rings. The van der Waals surface area contributed by atoms with E-state index in [0.29, 0.717) is 31.3 Å². The average Bonchev–Trinajstić information content (AvgIpc) is 2.96. The van der Waals surface area contributed by atoms with E-state index in [0.717, 1.165) is 4.88 Å². The lowest BCUT2D eigenvalue weighted by Gasteiger charge is -2.48. The molecule has 0 spiro atoms. The number of hydrogen-bond donors (Lipinski definition) is 1. The van der Waals surface area contributed by atoms with Gasteiger partial charge in [0.1, 0.15) is 0 Å². The highest BCUT2D eigenvalue weighted by Crippen LogP contribution is 2.30. The molecule has 2 aromatic rings. The summed E-state index contributed by atoms with van der Waals surface area (Å²) in [5.74, 6) is 1.52. The van der Waals surface area contributed by atoms with Crippen LogP contribution in [0.2, 0.25) is 0 Å². The van der Waals surface area contributed by atoms with Crippen LogP contribution in [-0.2, 0) is 6.54 Å². The molecule has 19 heavy (non-hydrogen) atoms. The van der Waals surface area contributed by atoms with E-state index in [4.69, 9.17) is 4.52 Å². The van der Waals surface area contributed by atoms with Gasteiger partial charge in [-0.3, -0.25) is 4.90 Å². The summed E-state index contributed by atoms with van der Waals surface area (Å²) in [6.45, 7) is 6.06. The maximum atomic E-state index is 10.2. The van der Waals surface area contributed by atoms with Crippen molar-refractivity contribution in [3.05, 3.63) is 23.3 Å². The van der Waals surface area contributed by atoms with Gasteiger partial charge in [0, 0.05) is 13.1 Å². The highest BCUT2D eigenvalue weighted by molar-refractivity contribution is 7.13. The van der Waals surface area contributed by atoms with Gasteiger partial charge in [0.2, 0.25) is 0 Å². The predicted molar refractivity (Wildman–Crippen MR) is 72.7 cm³/mol. The Morgan fingerprint density at radius 3 is 2.95 bits per heavy atom. The van der Waals surface area contributed by atoms with Crippen molar-refractivity contribution in [2.24, 2.45) is 5.92 Å². The van der Waals surface area contributed by atoms with Gasteiger partial charge in [0.05, 0.1) is 17.0 Å². The predicted octanol–water partition coefficient (Wildman–Crippen LogP) is 2.00. The molecule has 1 saturated heterocycles. The maximum Gasteiger partial charge on any atom is 0.268 e. The minimum Gasteiger partial charge on any atom is -0.387 e. The van der Waals surface area contributed by atoms with Crippen molar-refractivity contribution < 1.29 is 9.63 Å². The molecule has 0 aromatic carbocycles. The summed E-state index contributed by atoms with van der Waals surface area (Å²) >= 11 is 1.58. The lowest BCUT2D eigenvalue weighted by molar-refractivity contribution is -0.131. The Kier molecular flexibility index (Phi) is 3.16. The molecule has 0 aliphatic carbocycles. The van der Waals surface area contributed by atoms with E-state index in [1.54, 1.807) is 11.3 Å². The van der Waals surface area contributed by atoms with E-state index in [2.05, 4.69) is 15.0 Å². The zero-order valence-electron chi connectivity index (χ0n) is 11.0. The summed E-state index contributed by atoms with van der Waals surface area (Å²) in [5.41, 5.74) is -0.555. The first-order valence-electron chi connectivity index (χ1n) is 6.38. The molecule has 0 atom stereocenters. The third-order valence-electron chi connectivity index (χ3n) is 3.63. The molecule has 3 rings (SSSR count). The molecule has 0 radical (unpaired) electrons. The molecule has 1 N–H and O–H groups in total. The third kappa shape index (κ3) is 2.43. The zero-order valence-corrected chi connectivity index (χ0v) is 11.9. The highest BCUT2D eigenvalue weighted by Gasteiger charge is 2.43. The Bertz CT molecular complexity index is 544. The molecule has 5 nitrogen and oxygen atoms in total. The first kappa shape index (κ1) is 12.8. The number of aliphatic hydroxyl groups is 1. The van der Waals surface area contributed by atoms with E-state index in [1.807, 2.05) is 31.4 Å². The molecule has 0 amide bonds. The monoisotopic (exact) mass is 279 g/mol. The van der Waals surface area contributed by atoms with Gasteiger partial charge in [0.25, 0.3) is 5.89 Å². The third-order valence-corrected chi connectivity index (χ3v) is 4.49. The molecule has 6 heteroatoms. The van der Waals surface area contributed by atoms with Gasteiger partial charge in [-0.25, -0.2) is 0 Å². The maximum absolute atomic E-state index is 10.2. The smallest absolute Gasteiger partial charge is 0.268 e. The van der Waals surface area contributed by atoms with Crippen LogP contribution in [-0.4, -0.2) is 38.8 Å². The van der Waals surface area contributed by atoms with Gasteiger partial charge < -0.3 is 9.63 Å². The first-order valence-corrected chi connectivity index (χ1v) is 7.26. The van der Waals surface area contributed by atoms with Crippen molar-refractivity contribution in [2.45, 2.75) is 26.0 Å². The van der Waals surface area contributed by atoms with Crippen molar-refractivity contribution in [2.75, 3.05) is 13.1 Å². The van der Waals surface area contributed by atoms with Crippen molar-refractivity contribution >= 4 is 11.3 Å². The van der Waals surface area contributed by atoms with Crippen LogP contribution in [0, 0.1) is 5.92 Å². The molecular formula is C13H17N3O2S. The highest BCUT2D eigenvalue weighted by atomic mass is 32.1. The average molecular weight is 279 g/mol. The molecule has 0 bridgehead atoms. The van der Waals surface area contributed by atoms with Crippen LogP contribution in [0.5, 0.6) is 0 Å². The fraction of sp³-hybridized carbons (Fsp3) is 0.538. The lowest BCUT2D eigenvalue weighted by atomic mass is 9.83. The molecule has 3 heterocycles. The summed E-state index contributed by atoms with van der Waals surface area (Å²) < 4.78 is 5.24. The summed E-state index contributed by atoms with van der Waals surface area (Å²) in [6, 6.07) is 3.92. The van der Waals surface area contributed by atoms with Crippen LogP contribution >= 0.6 is 11.3 Å². The molecule has 0 saturated carbocycles. The number of nitrogens with zero attached hydrogens (tertiary/aromatic N) is 3. The van der Waals surface area contributed by atoms with Crippen LogP contribution in [0.25, 0.3) is 10.8 Å². The summed E-state index contributed by atoms with van der Waals surface area (Å²) in [6.07, 6.45) is 0. The lowest BCUT2D eigenvalue weighted by Crippen LogP contribution is -2.63. The second-order valence-electron chi connectivity index (χ2n) is 5.40. The van der Waals surface area contributed by atoms with Crippen LogP contribution in [0.1, 0.15) is 19.7 Å². The van der Waals surface area contributed by atoms with Crippen molar-refractivity contribution in [1.29, 1.82) is 0 Å². The number of rotatable bonds is 4. The minimum absolute atomic E-state index is 0.274. The summed E-state index contributed by atoms with van der Waals surface area (Å²) in [4.78, 5) is 7.49.